The van der Waals surface area contributed by atoms with E-state index in [2.05, 4.69) is 268 Å². The average molecular weight is 849 g/mol. The Kier molecular flexibility index (Phi) is 10.6. The standard InChI is InChI=1S/C64H52N2/c1-43(2)59-37-46(28-27-45-29-33-53(34-30-45)65(54-35-31-47-15-5-7-19-51(47)39-54)63-25-13-21-49-17-9-11-23-57(49)63)38-61-60(44(3)4)41-56(42-62(59)61)66(55-36-32-48-16-6-8-20-52(48)40-55)64-26-14-22-50-18-10-12-24-58(50)64/h5-44H,1-4H3. The zero-order chi connectivity index (χ0) is 44.7. The van der Waals surface area contributed by atoms with Gasteiger partial charge in [0.05, 0.1) is 11.4 Å². The van der Waals surface area contributed by atoms with Crippen molar-refractivity contribution in [2.75, 3.05) is 9.80 Å². The lowest BCUT2D eigenvalue weighted by Crippen LogP contribution is -2.11. The minimum absolute atomic E-state index is 0.303. The van der Waals surface area contributed by atoms with Crippen molar-refractivity contribution in [3.63, 3.8) is 0 Å². The Morgan fingerprint density at radius 2 is 0.712 bits per heavy atom. The second-order valence-corrected chi connectivity index (χ2v) is 18.2. The van der Waals surface area contributed by atoms with Gasteiger partial charge in [-0.1, -0.05) is 192 Å². The van der Waals surface area contributed by atoms with Gasteiger partial charge in [0.25, 0.3) is 0 Å². The minimum Gasteiger partial charge on any atom is -0.310 e. The minimum atomic E-state index is 0.303. The monoisotopic (exact) mass is 848 g/mol. The molecular weight excluding hydrogens is 797 g/mol. The molecule has 0 aliphatic heterocycles. The molecule has 0 atom stereocenters. The molecule has 0 amide bonds. The van der Waals surface area contributed by atoms with Crippen LogP contribution < -0.4 is 9.80 Å². The van der Waals surface area contributed by atoms with E-state index >= 15 is 0 Å². The van der Waals surface area contributed by atoms with Gasteiger partial charge in [0, 0.05) is 33.5 Å². The highest BCUT2D eigenvalue weighted by Gasteiger charge is 2.21. The van der Waals surface area contributed by atoms with Crippen molar-refractivity contribution in [1.82, 2.24) is 0 Å². The molecule has 0 saturated heterocycles. The lowest BCUT2D eigenvalue weighted by atomic mass is 9.87. The van der Waals surface area contributed by atoms with Crippen LogP contribution in [0.2, 0.25) is 0 Å². The Labute approximate surface area is 388 Å². The molecule has 0 aliphatic carbocycles. The molecule has 2 heteroatoms. The maximum absolute atomic E-state index is 2.48. The Morgan fingerprint density at radius 1 is 0.288 bits per heavy atom. The van der Waals surface area contributed by atoms with Crippen LogP contribution in [0.15, 0.2) is 218 Å². The van der Waals surface area contributed by atoms with Crippen LogP contribution in [0.4, 0.5) is 34.1 Å². The van der Waals surface area contributed by atoms with Crippen molar-refractivity contribution < 1.29 is 0 Å². The van der Waals surface area contributed by atoms with Gasteiger partial charge in [-0.15, -0.1) is 0 Å². The van der Waals surface area contributed by atoms with E-state index in [9.17, 15) is 0 Å². The SMILES string of the molecule is CC(C)c1cc(N(c2ccc3ccccc3c2)c2cccc3ccccc23)cc2c(C(C)C)cc(C=Cc3ccc(N(c4ccc5ccccc5c4)c4cccc5ccccc45)cc3)cc12. The van der Waals surface area contributed by atoms with Crippen molar-refractivity contribution in [2.45, 2.75) is 39.5 Å². The molecule has 0 heterocycles. The van der Waals surface area contributed by atoms with E-state index < -0.39 is 0 Å². The summed E-state index contributed by atoms with van der Waals surface area (Å²) in [6.07, 6.45) is 4.56. The molecule has 0 aliphatic rings. The highest BCUT2D eigenvalue weighted by atomic mass is 15.1. The van der Waals surface area contributed by atoms with E-state index in [0.717, 1.165) is 28.3 Å². The molecule has 66 heavy (non-hydrogen) atoms. The van der Waals surface area contributed by atoms with Crippen LogP contribution in [0.1, 0.15) is 61.8 Å². The van der Waals surface area contributed by atoms with Gasteiger partial charge < -0.3 is 9.80 Å². The van der Waals surface area contributed by atoms with Crippen LogP contribution in [0.3, 0.4) is 0 Å². The average Bonchev–Trinajstić information content (AvgIpc) is 3.36. The topological polar surface area (TPSA) is 6.48 Å². The van der Waals surface area contributed by atoms with E-state index in [4.69, 9.17) is 0 Å². The van der Waals surface area contributed by atoms with Gasteiger partial charge >= 0.3 is 0 Å². The molecule has 2 nitrogen and oxygen atoms in total. The van der Waals surface area contributed by atoms with E-state index in [1.54, 1.807) is 0 Å². The van der Waals surface area contributed by atoms with Crippen LogP contribution >= 0.6 is 0 Å². The fraction of sp³-hybridized carbons (Fsp3) is 0.0938. The summed E-state index contributed by atoms with van der Waals surface area (Å²) < 4.78 is 0. The van der Waals surface area contributed by atoms with Gasteiger partial charge in [0.1, 0.15) is 0 Å². The van der Waals surface area contributed by atoms with E-state index in [0.29, 0.717) is 11.8 Å². The van der Waals surface area contributed by atoms with E-state index in [1.165, 1.54) is 81.9 Å². The van der Waals surface area contributed by atoms with Crippen LogP contribution in [-0.2, 0) is 0 Å². The number of anilines is 6. The summed E-state index contributed by atoms with van der Waals surface area (Å²) in [5, 5.41) is 12.4. The third-order valence-electron chi connectivity index (χ3n) is 13.3. The third-order valence-corrected chi connectivity index (χ3v) is 13.3. The predicted molar refractivity (Wildman–Crippen MR) is 287 cm³/mol. The van der Waals surface area contributed by atoms with Gasteiger partial charge in [-0.3, -0.25) is 0 Å². The zero-order valence-corrected chi connectivity index (χ0v) is 38.0. The summed E-state index contributed by atoms with van der Waals surface area (Å²) >= 11 is 0. The van der Waals surface area contributed by atoms with Gasteiger partial charge in [0.15, 0.2) is 0 Å². The molecular formula is C64H52N2. The number of fused-ring (bicyclic) bond motifs is 5. The molecule has 318 valence electrons. The Morgan fingerprint density at radius 3 is 1.26 bits per heavy atom. The number of hydrogen-bond acceptors (Lipinski definition) is 2. The van der Waals surface area contributed by atoms with Crippen molar-refractivity contribution in [3.05, 3.63) is 241 Å². The largest absolute Gasteiger partial charge is 0.310 e. The van der Waals surface area contributed by atoms with Crippen LogP contribution in [0.5, 0.6) is 0 Å². The lowest BCUT2D eigenvalue weighted by molar-refractivity contribution is 0.867. The van der Waals surface area contributed by atoms with Gasteiger partial charge in [0.2, 0.25) is 0 Å². The first kappa shape index (κ1) is 40.8. The third kappa shape index (κ3) is 7.65. The van der Waals surface area contributed by atoms with E-state index in [-0.39, 0.29) is 0 Å². The van der Waals surface area contributed by atoms with E-state index in [1.807, 2.05) is 0 Å². The van der Waals surface area contributed by atoms with Gasteiger partial charge in [-0.05, 0) is 144 Å². The smallest absolute Gasteiger partial charge is 0.0540 e. The van der Waals surface area contributed by atoms with Gasteiger partial charge in [-0.25, -0.2) is 0 Å². The summed E-state index contributed by atoms with van der Waals surface area (Å²) in [5.74, 6) is 0.620. The highest BCUT2D eigenvalue weighted by Crippen LogP contribution is 2.45. The first-order valence-corrected chi connectivity index (χ1v) is 23.3. The first-order chi connectivity index (χ1) is 32.4. The maximum atomic E-state index is 2.48. The number of hydrogen-bond donors (Lipinski definition) is 0. The Bertz CT molecular complexity index is 3600. The fourth-order valence-electron chi connectivity index (χ4n) is 9.93. The lowest BCUT2D eigenvalue weighted by Gasteiger charge is -2.29. The van der Waals surface area contributed by atoms with Crippen molar-refractivity contribution in [2.24, 2.45) is 0 Å². The van der Waals surface area contributed by atoms with Crippen molar-refractivity contribution in [3.8, 4) is 0 Å². The molecule has 0 N–H and O–H groups in total. The summed E-state index contributed by atoms with van der Waals surface area (Å²) in [6, 6.07) is 80.3. The molecule has 0 fully saturated rings. The van der Waals surface area contributed by atoms with Crippen LogP contribution in [0.25, 0.3) is 66.0 Å². The van der Waals surface area contributed by atoms with Crippen LogP contribution in [0, 0.1) is 0 Å². The molecule has 0 aromatic heterocycles. The first-order valence-electron chi connectivity index (χ1n) is 23.3. The molecule has 0 bridgehead atoms. The maximum Gasteiger partial charge on any atom is 0.0540 e. The summed E-state index contributed by atoms with van der Waals surface area (Å²) in [6.45, 7) is 9.31. The molecule has 11 aromatic carbocycles. The number of rotatable bonds is 10. The van der Waals surface area contributed by atoms with Crippen molar-refractivity contribution in [1.29, 1.82) is 0 Å². The molecule has 0 unspecified atom stereocenters. The summed E-state index contributed by atoms with van der Waals surface area (Å²) in [5.41, 5.74) is 12.0. The summed E-state index contributed by atoms with van der Waals surface area (Å²) in [4.78, 5) is 4.87. The number of nitrogens with zero attached hydrogens (tertiary/aromatic N) is 2. The molecule has 0 spiro atoms. The second kappa shape index (κ2) is 17.2. The van der Waals surface area contributed by atoms with Crippen LogP contribution in [-0.4, -0.2) is 0 Å². The Hall–Kier alpha value is -7.94. The predicted octanol–water partition coefficient (Wildman–Crippen LogP) is 18.8. The normalized spacial score (nSPS) is 11.8. The number of benzene rings is 11. The molecule has 0 saturated carbocycles. The second-order valence-electron chi connectivity index (χ2n) is 18.2. The molecule has 11 rings (SSSR count). The highest BCUT2D eigenvalue weighted by molar-refractivity contribution is 6.04. The zero-order valence-electron chi connectivity index (χ0n) is 38.0. The molecule has 0 radical (unpaired) electrons. The quantitative estimate of drug-likeness (QED) is 0.127. The molecule has 11 aromatic rings. The fourth-order valence-corrected chi connectivity index (χ4v) is 9.93. The Balaban J connectivity index is 0.995. The van der Waals surface area contributed by atoms with Crippen molar-refractivity contribution >= 4 is 100 Å². The van der Waals surface area contributed by atoms with Gasteiger partial charge in [-0.2, -0.15) is 0 Å². The summed E-state index contributed by atoms with van der Waals surface area (Å²) in [7, 11) is 0.